The molecule has 3 aromatic rings. The maximum atomic E-state index is 11.6. The standard InChI is InChI=1S/C16H14O3.C5H5N/c17-15(11-13-7-3-1-4-8-13)19-16(18)12-14-9-5-2-6-10-14;1-2-4-6-5-3-1/h1-10H,11-12H2;1-5H. The van der Waals surface area contributed by atoms with E-state index >= 15 is 0 Å². The summed E-state index contributed by atoms with van der Waals surface area (Å²) in [4.78, 5) is 26.9. The fourth-order valence-corrected chi connectivity index (χ4v) is 2.04. The van der Waals surface area contributed by atoms with E-state index in [1.807, 2.05) is 78.9 Å². The van der Waals surface area contributed by atoms with E-state index in [1.54, 1.807) is 12.4 Å². The fourth-order valence-electron chi connectivity index (χ4n) is 2.04. The molecule has 0 spiro atoms. The Kier molecular flexibility index (Phi) is 7.59. The molecule has 25 heavy (non-hydrogen) atoms. The highest BCUT2D eigenvalue weighted by Crippen LogP contribution is 2.04. The van der Waals surface area contributed by atoms with Crippen LogP contribution < -0.4 is 0 Å². The first kappa shape index (κ1) is 18.1. The number of carbonyl (C=O) groups is 2. The zero-order valence-electron chi connectivity index (χ0n) is 13.7. The van der Waals surface area contributed by atoms with Gasteiger partial charge in [0.2, 0.25) is 0 Å². The molecule has 0 aliphatic carbocycles. The molecule has 1 heterocycles. The molecule has 0 bridgehead atoms. The molecule has 126 valence electrons. The Hall–Kier alpha value is -3.27. The first-order chi connectivity index (χ1) is 12.2. The van der Waals surface area contributed by atoms with E-state index in [0.29, 0.717) is 0 Å². The summed E-state index contributed by atoms with van der Waals surface area (Å²) in [5.74, 6) is -1.04. The second kappa shape index (κ2) is 10.5. The van der Waals surface area contributed by atoms with Crippen molar-refractivity contribution in [2.45, 2.75) is 12.8 Å². The Bertz CT molecular complexity index is 681. The molecule has 1 aromatic heterocycles. The van der Waals surface area contributed by atoms with Gasteiger partial charge in [0, 0.05) is 12.4 Å². The Balaban J connectivity index is 0.000000316. The van der Waals surface area contributed by atoms with Crippen molar-refractivity contribution in [1.29, 1.82) is 0 Å². The Morgan fingerprint density at radius 1 is 0.640 bits per heavy atom. The van der Waals surface area contributed by atoms with E-state index < -0.39 is 11.9 Å². The molecule has 0 fully saturated rings. The third-order valence-electron chi connectivity index (χ3n) is 3.18. The number of aromatic nitrogens is 1. The van der Waals surface area contributed by atoms with Crippen molar-refractivity contribution in [3.63, 3.8) is 0 Å². The predicted molar refractivity (Wildman–Crippen MR) is 95.6 cm³/mol. The van der Waals surface area contributed by atoms with Crippen molar-refractivity contribution in [3.05, 3.63) is 102 Å². The quantitative estimate of drug-likeness (QED) is 0.540. The lowest BCUT2D eigenvalue weighted by molar-refractivity contribution is -0.158. The van der Waals surface area contributed by atoms with E-state index in [9.17, 15) is 9.59 Å². The van der Waals surface area contributed by atoms with Crippen LogP contribution in [0.1, 0.15) is 11.1 Å². The zero-order valence-corrected chi connectivity index (χ0v) is 13.7. The van der Waals surface area contributed by atoms with Crippen molar-refractivity contribution in [3.8, 4) is 0 Å². The maximum absolute atomic E-state index is 11.6. The van der Waals surface area contributed by atoms with Gasteiger partial charge in [-0.2, -0.15) is 0 Å². The van der Waals surface area contributed by atoms with Crippen LogP contribution in [0.25, 0.3) is 0 Å². The predicted octanol–water partition coefficient (Wildman–Crippen LogP) is 3.62. The van der Waals surface area contributed by atoms with Crippen LogP contribution in [0.15, 0.2) is 91.3 Å². The summed E-state index contributed by atoms with van der Waals surface area (Å²) < 4.78 is 4.78. The Morgan fingerprint density at radius 3 is 1.36 bits per heavy atom. The van der Waals surface area contributed by atoms with Crippen LogP contribution in [0.3, 0.4) is 0 Å². The number of hydrogen-bond donors (Lipinski definition) is 0. The van der Waals surface area contributed by atoms with Crippen molar-refractivity contribution in [2.24, 2.45) is 0 Å². The van der Waals surface area contributed by atoms with Crippen molar-refractivity contribution >= 4 is 11.9 Å². The second-order valence-electron chi connectivity index (χ2n) is 5.20. The average Bonchev–Trinajstić information content (AvgIpc) is 2.65. The minimum atomic E-state index is -0.521. The number of esters is 2. The summed E-state index contributed by atoms with van der Waals surface area (Å²) >= 11 is 0. The summed E-state index contributed by atoms with van der Waals surface area (Å²) in [5, 5.41) is 0. The molecular weight excluding hydrogens is 314 g/mol. The molecule has 3 rings (SSSR count). The highest BCUT2D eigenvalue weighted by molar-refractivity contribution is 5.87. The van der Waals surface area contributed by atoms with Crippen LogP contribution in [0.5, 0.6) is 0 Å². The normalized spacial score (nSPS) is 9.44. The topological polar surface area (TPSA) is 56.3 Å². The smallest absolute Gasteiger partial charge is 0.317 e. The van der Waals surface area contributed by atoms with Gasteiger partial charge in [0.1, 0.15) is 0 Å². The average molecular weight is 333 g/mol. The van der Waals surface area contributed by atoms with Crippen LogP contribution >= 0.6 is 0 Å². The lowest BCUT2D eigenvalue weighted by Gasteiger charge is -2.03. The summed E-state index contributed by atoms with van der Waals surface area (Å²) in [6, 6.07) is 24.1. The minimum absolute atomic E-state index is 0.112. The molecule has 0 radical (unpaired) electrons. The third kappa shape index (κ3) is 7.70. The van der Waals surface area contributed by atoms with E-state index in [4.69, 9.17) is 4.74 Å². The van der Waals surface area contributed by atoms with Gasteiger partial charge in [0.15, 0.2) is 0 Å². The van der Waals surface area contributed by atoms with Gasteiger partial charge in [0.05, 0.1) is 12.8 Å². The number of carbonyl (C=O) groups excluding carboxylic acids is 2. The molecule has 0 saturated heterocycles. The van der Waals surface area contributed by atoms with E-state index in [-0.39, 0.29) is 12.8 Å². The molecule has 2 aromatic carbocycles. The molecule has 0 N–H and O–H groups in total. The summed E-state index contributed by atoms with van der Waals surface area (Å²) in [5.41, 5.74) is 1.67. The monoisotopic (exact) mass is 333 g/mol. The highest BCUT2D eigenvalue weighted by Gasteiger charge is 2.11. The van der Waals surface area contributed by atoms with Crippen LogP contribution in [0.4, 0.5) is 0 Å². The molecule has 0 saturated carbocycles. The molecular formula is C21H19NO3. The van der Waals surface area contributed by atoms with Gasteiger partial charge in [-0.25, -0.2) is 0 Å². The lowest BCUT2D eigenvalue weighted by Crippen LogP contribution is -2.16. The lowest BCUT2D eigenvalue weighted by atomic mass is 10.1. The molecule has 0 amide bonds. The number of benzene rings is 2. The number of rotatable bonds is 4. The molecule has 0 aliphatic heterocycles. The summed E-state index contributed by atoms with van der Waals surface area (Å²) in [6.07, 6.45) is 3.72. The number of hydrogen-bond acceptors (Lipinski definition) is 4. The molecule has 0 atom stereocenters. The highest BCUT2D eigenvalue weighted by atomic mass is 16.6. The first-order valence-corrected chi connectivity index (χ1v) is 7.90. The third-order valence-corrected chi connectivity index (χ3v) is 3.18. The fraction of sp³-hybridized carbons (Fsp3) is 0.0952. The van der Waals surface area contributed by atoms with Gasteiger partial charge >= 0.3 is 11.9 Å². The number of nitrogens with zero attached hydrogens (tertiary/aromatic N) is 1. The summed E-state index contributed by atoms with van der Waals surface area (Å²) in [6.45, 7) is 0. The van der Waals surface area contributed by atoms with E-state index in [0.717, 1.165) is 11.1 Å². The number of ether oxygens (including phenoxy) is 1. The van der Waals surface area contributed by atoms with Gasteiger partial charge in [-0.1, -0.05) is 66.7 Å². The van der Waals surface area contributed by atoms with Gasteiger partial charge in [0.25, 0.3) is 0 Å². The van der Waals surface area contributed by atoms with Crippen LogP contribution in [0, 0.1) is 0 Å². The van der Waals surface area contributed by atoms with Gasteiger partial charge in [-0.05, 0) is 23.3 Å². The maximum Gasteiger partial charge on any atom is 0.317 e. The van der Waals surface area contributed by atoms with Gasteiger partial charge < -0.3 is 4.74 Å². The second-order valence-corrected chi connectivity index (χ2v) is 5.20. The summed E-state index contributed by atoms with van der Waals surface area (Å²) in [7, 11) is 0. The Labute approximate surface area is 147 Å². The van der Waals surface area contributed by atoms with Crippen molar-refractivity contribution in [2.75, 3.05) is 0 Å². The number of pyridine rings is 1. The molecule has 0 aliphatic rings. The molecule has 4 heteroatoms. The minimum Gasteiger partial charge on any atom is -0.393 e. The van der Waals surface area contributed by atoms with Crippen LogP contribution in [-0.2, 0) is 27.2 Å². The zero-order chi connectivity index (χ0) is 17.7. The largest absolute Gasteiger partial charge is 0.393 e. The van der Waals surface area contributed by atoms with Crippen LogP contribution in [0.2, 0.25) is 0 Å². The van der Waals surface area contributed by atoms with Crippen molar-refractivity contribution < 1.29 is 14.3 Å². The van der Waals surface area contributed by atoms with Gasteiger partial charge in [-0.15, -0.1) is 0 Å². The van der Waals surface area contributed by atoms with E-state index in [2.05, 4.69) is 4.98 Å². The van der Waals surface area contributed by atoms with Gasteiger partial charge in [-0.3, -0.25) is 14.6 Å². The van der Waals surface area contributed by atoms with Crippen LogP contribution in [-0.4, -0.2) is 16.9 Å². The molecule has 4 nitrogen and oxygen atoms in total. The first-order valence-electron chi connectivity index (χ1n) is 7.90. The SMILES string of the molecule is O=C(Cc1ccccc1)OC(=O)Cc1ccccc1.c1ccncc1. The van der Waals surface area contributed by atoms with Crippen molar-refractivity contribution in [1.82, 2.24) is 4.98 Å². The Morgan fingerprint density at radius 2 is 1.04 bits per heavy atom. The van der Waals surface area contributed by atoms with E-state index in [1.165, 1.54) is 0 Å². The molecule has 0 unspecified atom stereocenters.